The number of aryl methyl sites for hydroxylation is 1. The highest BCUT2D eigenvalue weighted by Gasteiger charge is 2.35. The van der Waals surface area contributed by atoms with Crippen LogP contribution in [0.2, 0.25) is 0 Å². The van der Waals surface area contributed by atoms with Crippen molar-refractivity contribution < 1.29 is 31.8 Å². The number of hydrogen-bond donors (Lipinski definition) is 0. The highest BCUT2D eigenvalue weighted by Crippen LogP contribution is 2.38. The number of carbonyl (C=O) groups is 1. The Balaban J connectivity index is 2.35. The first kappa shape index (κ1) is 20.5. The number of benzene rings is 2. The van der Waals surface area contributed by atoms with Crippen molar-refractivity contribution in [3.8, 4) is 11.5 Å². The van der Waals surface area contributed by atoms with Crippen LogP contribution in [0.4, 0.5) is 17.6 Å². The number of alkyl halides is 3. The van der Waals surface area contributed by atoms with Gasteiger partial charge in [0.1, 0.15) is 23.9 Å². The van der Waals surface area contributed by atoms with Crippen molar-refractivity contribution in [1.82, 2.24) is 0 Å². The summed E-state index contributed by atoms with van der Waals surface area (Å²) in [6, 6.07) is 6.29. The van der Waals surface area contributed by atoms with Crippen LogP contribution in [-0.2, 0) is 17.6 Å². The average Bonchev–Trinajstić information content (AvgIpc) is 2.56. The van der Waals surface area contributed by atoms with E-state index in [1.54, 1.807) is 19.1 Å². The van der Waals surface area contributed by atoms with Gasteiger partial charge >= 0.3 is 12.1 Å². The van der Waals surface area contributed by atoms with Crippen LogP contribution in [0.1, 0.15) is 30.0 Å². The van der Waals surface area contributed by atoms with E-state index < -0.39 is 29.3 Å². The molecule has 0 spiro atoms. The summed E-state index contributed by atoms with van der Waals surface area (Å²) in [4.78, 5) is 11.5. The molecule has 2 rings (SSSR count). The molecule has 8 heteroatoms. The predicted molar refractivity (Wildman–Crippen MR) is 95.6 cm³/mol. The third-order valence-electron chi connectivity index (χ3n) is 3.53. The Morgan fingerprint density at radius 1 is 1.19 bits per heavy atom. The number of halogens is 5. The smallest absolute Gasteiger partial charge is 0.419 e. The Morgan fingerprint density at radius 2 is 1.88 bits per heavy atom. The minimum atomic E-state index is -4.69. The maximum atomic E-state index is 13.7. The van der Waals surface area contributed by atoms with Crippen molar-refractivity contribution >= 4 is 28.6 Å². The first-order valence-corrected chi connectivity index (χ1v) is 8.69. The molecular formula is C18H15F4IO3. The van der Waals surface area contributed by atoms with Gasteiger partial charge in [-0.15, -0.1) is 0 Å². The minimum Gasteiger partial charge on any atom is -0.488 e. The van der Waals surface area contributed by atoms with E-state index in [0.29, 0.717) is 21.3 Å². The first-order valence-electron chi connectivity index (χ1n) is 7.61. The number of ether oxygens (including phenoxy) is 2. The minimum absolute atomic E-state index is 0.128. The Kier molecular flexibility index (Phi) is 6.48. The molecule has 0 aromatic heterocycles. The molecule has 2 aromatic carbocycles. The SMILES string of the molecule is CCC(=O)Oc1cccc(I)c1COc1cc(F)c(C)cc1C(F)(F)F. The van der Waals surface area contributed by atoms with Crippen LogP contribution in [-0.4, -0.2) is 5.97 Å². The predicted octanol–water partition coefficient (Wildman–Crippen LogP) is 5.65. The number of carbonyl (C=O) groups excluding carboxylic acids is 1. The highest BCUT2D eigenvalue weighted by molar-refractivity contribution is 14.1. The van der Waals surface area contributed by atoms with Crippen molar-refractivity contribution in [3.05, 3.63) is 56.4 Å². The molecule has 0 N–H and O–H groups in total. The lowest BCUT2D eigenvalue weighted by atomic mass is 10.1. The van der Waals surface area contributed by atoms with Crippen molar-refractivity contribution in [3.63, 3.8) is 0 Å². The van der Waals surface area contributed by atoms with Gasteiger partial charge in [0.05, 0.1) is 5.56 Å². The fourth-order valence-corrected chi connectivity index (χ4v) is 2.75. The van der Waals surface area contributed by atoms with Crippen molar-refractivity contribution in [2.75, 3.05) is 0 Å². The van der Waals surface area contributed by atoms with Crippen LogP contribution in [0.25, 0.3) is 0 Å². The molecule has 0 heterocycles. The van der Waals surface area contributed by atoms with Gasteiger partial charge in [-0.2, -0.15) is 13.2 Å². The zero-order valence-corrected chi connectivity index (χ0v) is 16.1. The van der Waals surface area contributed by atoms with E-state index in [2.05, 4.69) is 0 Å². The normalized spacial score (nSPS) is 11.3. The Hall–Kier alpha value is -1.84. The van der Waals surface area contributed by atoms with Crippen molar-refractivity contribution in [2.45, 2.75) is 33.1 Å². The molecule has 140 valence electrons. The molecule has 0 saturated heterocycles. The van der Waals surface area contributed by atoms with E-state index in [1.165, 1.54) is 13.0 Å². The summed E-state index contributed by atoms with van der Waals surface area (Å²) in [6.07, 6.45) is -4.54. The molecule has 0 aliphatic heterocycles. The molecule has 3 nitrogen and oxygen atoms in total. The second-order valence-corrected chi connectivity index (χ2v) is 6.59. The summed E-state index contributed by atoms with van der Waals surface area (Å²) in [5, 5.41) is 0. The molecule has 0 amide bonds. The lowest BCUT2D eigenvalue weighted by Gasteiger charge is -2.17. The first-order chi connectivity index (χ1) is 12.1. The number of rotatable bonds is 5. The van der Waals surface area contributed by atoms with Gasteiger partial charge in [-0.25, -0.2) is 4.39 Å². The summed E-state index contributed by atoms with van der Waals surface area (Å²) in [5.41, 5.74) is -0.782. The van der Waals surface area contributed by atoms with E-state index in [1.807, 2.05) is 22.6 Å². The summed E-state index contributed by atoms with van der Waals surface area (Å²) >= 11 is 1.96. The van der Waals surface area contributed by atoms with Crippen LogP contribution >= 0.6 is 22.6 Å². The summed E-state index contributed by atoms with van der Waals surface area (Å²) in [5.74, 6) is -1.70. The Morgan fingerprint density at radius 3 is 2.50 bits per heavy atom. The van der Waals surface area contributed by atoms with Gasteiger partial charge in [-0.3, -0.25) is 4.79 Å². The summed E-state index contributed by atoms with van der Waals surface area (Å²) in [7, 11) is 0. The third kappa shape index (κ3) is 4.87. The van der Waals surface area contributed by atoms with E-state index >= 15 is 0 Å². The Labute approximate surface area is 161 Å². The second kappa shape index (κ2) is 8.24. The van der Waals surface area contributed by atoms with Crippen LogP contribution in [0.3, 0.4) is 0 Å². The monoisotopic (exact) mass is 482 g/mol. The fourth-order valence-electron chi connectivity index (χ4n) is 2.12. The fraction of sp³-hybridized carbons (Fsp3) is 0.278. The highest BCUT2D eigenvalue weighted by atomic mass is 127. The molecule has 0 radical (unpaired) electrons. The molecule has 0 fully saturated rings. The van der Waals surface area contributed by atoms with Crippen LogP contribution in [0.15, 0.2) is 30.3 Å². The van der Waals surface area contributed by atoms with Gasteiger partial charge in [0, 0.05) is 21.6 Å². The number of esters is 1. The molecule has 0 atom stereocenters. The molecule has 0 aliphatic rings. The number of hydrogen-bond acceptors (Lipinski definition) is 3. The summed E-state index contributed by atoms with van der Waals surface area (Å²) < 4.78 is 64.4. The third-order valence-corrected chi connectivity index (χ3v) is 4.54. The topological polar surface area (TPSA) is 35.5 Å². The zero-order valence-electron chi connectivity index (χ0n) is 13.9. The quantitative estimate of drug-likeness (QED) is 0.239. The second-order valence-electron chi connectivity index (χ2n) is 5.43. The van der Waals surface area contributed by atoms with Gasteiger partial charge in [-0.05, 0) is 53.3 Å². The van der Waals surface area contributed by atoms with E-state index in [4.69, 9.17) is 9.47 Å². The lowest BCUT2D eigenvalue weighted by molar-refractivity contribution is -0.139. The molecule has 0 aliphatic carbocycles. The molecule has 0 unspecified atom stereocenters. The van der Waals surface area contributed by atoms with E-state index in [-0.39, 0.29) is 24.3 Å². The largest absolute Gasteiger partial charge is 0.488 e. The van der Waals surface area contributed by atoms with Gasteiger partial charge in [0.2, 0.25) is 0 Å². The van der Waals surface area contributed by atoms with Gasteiger partial charge in [-0.1, -0.05) is 13.0 Å². The maximum absolute atomic E-state index is 13.7. The lowest BCUT2D eigenvalue weighted by Crippen LogP contribution is -2.12. The molecule has 26 heavy (non-hydrogen) atoms. The van der Waals surface area contributed by atoms with Crippen LogP contribution < -0.4 is 9.47 Å². The van der Waals surface area contributed by atoms with Gasteiger partial charge < -0.3 is 9.47 Å². The molecule has 2 aromatic rings. The van der Waals surface area contributed by atoms with Gasteiger partial charge in [0.25, 0.3) is 0 Å². The molecule has 0 bridgehead atoms. The molecular weight excluding hydrogens is 467 g/mol. The summed E-state index contributed by atoms with van der Waals surface area (Å²) in [6.45, 7) is 2.56. The molecule has 0 saturated carbocycles. The van der Waals surface area contributed by atoms with Crippen LogP contribution in [0, 0.1) is 16.3 Å². The van der Waals surface area contributed by atoms with Gasteiger partial charge in [0.15, 0.2) is 0 Å². The van der Waals surface area contributed by atoms with E-state index in [9.17, 15) is 22.4 Å². The maximum Gasteiger partial charge on any atom is 0.419 e. The Bertz CT molecular complexity index is 819. The average molecular weight is 482 g/mol. The standard InChI is InChI=1S/C18H15F4IO3/c1-3-17(24)26-15-6-4-5-14(23)11(15)9-25-16-8-13(19)10(2)7-12(16)18(20,21)22/h4-8H,3,9H2,1-2H3. The zero-order chi connectivity index (χ0) is 19.5. The van der Waals surface area contributed by atoms with Crippen molar-refractivity contribution in [2.24, 2.45) is 0 Å². The van der Waals surface area contributed by atoms with Crippen molar-refractivity contribution in [1.29, 1.82) is 0 Å². The van der Waals surface area contributed by atoms with Crippen LogP contribution in [0.5, 0.6) is 11.5 Å². The van der Waals surface area contributed by atoms with E-state index in [0.717, 1.165) is 0 Å².